The summed E-state index contributed by atoms with van der Waals surface area (Å²) in [6, 6.07) is 0.395. The predicted molar refractivity (Wildman–Crippen MR) is 80.3 cm³/mol. The van der Waals surface area contributed by atoms with E-state index in [1.165, 1.54) is 43.6 Å². The molecule has 1 amide bonds. The minimum absolute atomic E-state index is 0.1000. The highest BCUT2D eigenvalue weighted by atomic mass is 32.2. The van der Waals surface area contributed by atoms with Crippen LogP contribution in [0.2, 0.25) is 0 Å². The minimum atomic E-state index is 0.1000. The maximum atomic E-state index is 12.5. The van der Waals surface area contributed by atoms with E-state index in [4.69, 9.17) is 0 Å². The second kappa shape index (κ2) is 8.15. The lowest BCUT2D eigenvalue weighted by atomic mass is 9.92. The number of amides is 1. The van der Waals surface area contributed by atoms with Gasteiger partial charge in [0.25, 0.3) is 0 Å². The molecule has 110 valence electrons. The Kier molecular flexibility index (Phi) is 6.51. The largest absolute Gasteiger partial charge is 0.395 e. The molecule has 1 saturated heterocycles. The van der Waals surface area contributed by atoms with Crippen molar-refractivity contribution in [2.75, 3.05) is 24.7 Å². The quantitative estimate of drug-likeness (QED) is 0.844. The summed E-state index contributed by atoms with van der Waals surface area (Å²) in [6.07, 6.45) is 9.12. The fraction of sp³-hybridized carbons (Fsp3) is 0.933. The fourth-order valence-corrected chi connectivity index (χ4v) is 4.53. The Hall–Kier alpha value is -0.220. The van der Waals surface area contributed by atoms with Crippen LogP contribution in [0.3, 0.4) is 0 Å². The zero-order valence-corrected chi connectivity index (χ0v) is 12.7. The summed E-state index contributed by atoms with van der Waals surface area (Å²) in [5, 5.41) is 9.22. The Labute approximate surface area is 121 Å². The first-order valence-corrected chi connectivity index (χ1v) is 8.95. The Morgan fingerprint density at radius 3 is 2.42 bits per heavy atom. The number of hydrogen-bond donors (Lipinski definition) is 1. The van der Waals surface area contributed by atoms with Crippen molar-refractivity contribution >= 4 is 17.7 Å². The van der Waals surface area contributed by atoms with Crippen molar-refractivity contribution in [1.29, 1.82) is 0 Å². The molecule has 0 aromatic heterocycles. The first kappa shape index (κ1) is 15.2. The monoisotopic (exact) mass is 285 g/mol. The van der Waals surface area contributed by atoms with Crippen LogP contribution in [0.15, 0.2) is 0 Å². The third-order valence-corrected chi connectivity index (χ3v) is 5.53. The standard InChI is InChI=1S/C15H27NO2S/c17-9-8-16(14-4-2-1-3-5-14)15(18)12-13-6-10-19-11-7-13/h13-14,17H,1-12H2. The van der Waals surface area contributed by atoms with Crippen LogP contribution in [-0.2, 0) is 4.79 Å². The molecule has 1 heterocycles. The van der Waals surface area contributed by atoms with Crippen LogP contribution in [0.1, 0.15) is 51.4 Å². The molecule has 1 N–H and O–H groups in total. The van der Waals surface area contributed by atoms with E-state index in [1.807, 2.05) is 16.7 Å². The topological polar surface area (TPSA) is 40.5 Å². The lowest BCUT2D eigenvalue weighted by Crippen LogP contribution is -2.43. The fourth-order valence-electron chi connectivity index (χ4n) is 3.33. The molecule has 0 bridgehead atoms. The number of aliphatic hydroxyl groups excluding tert-OH is 1. The highest BCUT2D eigenvalue weighted by Crippen LogP contribution is 2.28. The molecular formula is C15H27NO2S. The van der Waals surface area contributed by atoms with Gasteiger partial charge in [0.1, 0.15) is 0 Å². The molecule has 0 unspecified atom stereocenters. The molecule has 19 heavy (non-hydrogen) atoms. The molecule has 1 aliphatic heterocycles. The maximum absolute atomic E-state index is 12.5. The summed E-state index contributed by atoms with van der Waals surface area (Å²) >= 11 is 2.01. The van der Waals surface area contributed by atoms with Gasteiger partial charge in [-0.05, 0) is 43.1 Å². The third-order valence-electron chi connectivity index (χ3n) is 4.48. The zero-order chi connectivity index (χ0) is 13.5. The van der Waals surface area contributed by atoms with Gasteiger partial charge in [-0.15, -0.1) is 0 Å². The van der Waals surface area contributed by atoms with Crippen molar-refractivity contribution in [1.82, 2.24) is 4.90 Å². The van der Waals surface area contributed by atoms with Crippen LogP contribution < -0.4 is 0 Å². The number of aliphatic hydroxyl groups is 1. The van der Waals surface area contributed by atoms with Gasteiger partial charge in [-0.2, -0.15) is 11.8 Å². The molecule has 0 aromatic rings. The number of thioether (sulfide) groups is 1. The van der Waals surface area contributed by atoms with Crippen molar-refractivity contribution in [3.63, 3.8) is 0 Å². The smallest absolute Gasteiger partial charge is 0.223 e. The Morgan fingerprint density at radius 2 is 1.79 bits per heavy atom. The number of carbonyl (C=O) groups is 1. The normalized spacial score (nSPS) is 22.4. The van der Waals surface area contributed by atoms with Crippen LogP contribution in [0.25, 0.3) is 0 Å². The van der Waals surface area contributed by atoms with Crippen molar-refractivity contribution in [3.05, 3.63) is 0 Å². The Bertz CT molecular complexity index is 273. The van der Waals surface area contributed by atoms with Gasteiger partial charge in [-0.25, -0.2) is 0 Å². The van der Waals surface area contributed by atoms with Gasteiger partial charge in [0.15, 0.2) is 0 Å². The predicted octanol–water partition coefficient (Wildman–Crippen LogP) is 2.67. The van der Waals surface area contributed by atoms with Crippen LogP contribution in [-0.4, -0.2) is 46.6 Å². The van der Waals surface area contributed by atoms with Crippen molar-refractivity contribution < 1.29 is 9.90 Å². The third kappa shape index (κ3) is 4.67. The van der Waals surface area contributed by atoms with Gasteiger partial charge in [-0.3, -0.25) is 4.79 Å². The second-order valence-electron chi connectivity index (χ2n) is 5.86. The van der Waals surface area contributed by atoms with E-state index in [-0.39, 0.29) is 12.5 Å². The van der Waals surface area contributed by atoms with Gasteiger partial charge in [0, 0.05) is 19.0 Å². The summed E-state index contributed by atoms with van der Waals surface area (Å²) < 4.78 is 0. The van der Waals surface area contributed by atoms with Crippen LogP contribution in [0, 0.1) is 5.92 Å². The van der Waals surface area contributed by atoms with E-state index >= 15 is 0 Å². The Morgan fingerprint density at radius 1 is 1.11 bits per heavy atom. The molecular weight excluding hydrogens is 258 g/mol. The van der Waals surface area contributed by atoms with Crippen molar-refractivity contribution in [2.24, 2.45) is 5.92 Å². The summed E-state index contributed by atoms with van der Waals surface area (Å²) in [4.78, 5) is 14.5. The highest BCUT2D eigenvalue weighted by Gasteiger charge is 2.27. The molecule has 2 fully saturated rings. The average Bonchev–Trinajstić information content (AvgIpc) is 2.46. The lowest BCUT2D eigenvalue weighted by Gasteiger charge is -2.35. The van der Waals surface area contributed by atoms with Gasteiger partial charge in [0.2, 0.25) is 5.91 Å². The second-order valence-corrected chi connectivity index (χ2v) is 7.09. The van der Waals surface area contributed by atoms with Crippen LogP contribution in [0.5, 0.6) is 0 Å². The average molecular weight is 285 g/mol. The number of rotatable bonds is 5. The van der Waals surface area contributed by atoms with E-state index in [9.17, 15) is 9.90 Å². The van der Waals surface area contributed by atoms with E-state index in [0.29, 0.717) is 24.9 Å². The SMILES string of the molecule is O=C(CC1CCSCC1)N(CCO)C1CCCCC1. The molecule has 4 heteroatoms. The van der Waals surface area contributed by atoms with E-state index < -0.39 is 0 Å². The molecule has 0 aromatic carbocycles. The van der Waals surface area contributed by atoms with E-state index in [2.05, 4.69) is 0 Å². The van der Waals surface area contributed by atoms with Gasteiger partial charge >= 0.3 is 0 Å². The van der Waals surface area contributed by atoms with Crippen molar-refractivity contribution in [2.45, 2.75) is 57.4 Å². The molecule has 3 nitrogen and oxygen atoms in total. The van der Waals surface area contributed by atoms with Gasteiger partial charge in [-0.1, -0.05) is 19.3 Å². The lowest BCUT2D eigenvalue weighted by molar-refractivity contribution is -0.135. The molecule has 0 atom stereocenters. The van der Waals surface area contributed by atoms with Crippen molar-refractivity contribution in [3.8, 4) is 0 Å². The van der Waals surface area contributed by atoms with E-state index in [1.54, 1.807) is 0 Å². The zero-order valence-electron chi connectivity index (χ0n) is 11.9. The molecule has 1 aliphatic carbocycles. The highest BCUT2D eigenvalue weighted by molar-refractivity contribution is 7.99. The molecule has 0 radical (unpaired) electrons. The first-order chi connectivity index (χ1) is 9.31. The Balaban J connectivity index is 1.87. The van der Waals surface area contributed by atoms with E-state index in [0.717, 1.165) is 12.8 Å². The first-order valence-electron chi connectivity index (χ1n) is 7.79. The maximum Gasteiger partial charge on any atom is 0.223 e. The van der Waals surface area contributed by atoms with Crippen LogP contribution in [0.4, 0.5) is 0 Å². The van der Waals surface area contributed by atoms with Crippen LogP contribution >= 0.6 is 11.8 Å². The molecule has 0 spiro atoms. The summed E-state index contributed by atoms with van der Waals surface area (Å²) in [7, 11) is 0. The molecule has 2 rings (SSSR count). The van der Waals surface area contributed by atoms with Gasteiger partial charge < -0.3 is 10.0 Å². The number of hydrogen-bond acceptors (Lipinski definition) is 3. The molecule has 2 aliphatic rings. The minimum Gasteiger partial charge on any atom is -0.395 e. The molecule has 1 saturated carbocycles. The number of nitrogens with zero attached hydrogens (tertiary/aromatic N) is 1. The summed E-state index contributed by atoms with van der Waals surface area (Å²) in [5.41, 5.74) is 0. The summed E-state index contributed by atoms with van der Waals surface area (Å²) in [5.74, 6) is 3.29. The van der Waals surface area contributed by atoms with Gasteiger partial charge in [0.05, 0.1) is 6.61 Å². The number of carbonyl (C=O) groups excluding carboxylic acids is 1. The summed E-state index contributed by atoms with van der Waals surface area (Å²) in [6.45, 7) is 0.633.